The molecule has 2 aromatic rings. The number of nitrogens with one attached hydrogen (secondary N) is 1. The van der Waals surface area contributed by atoms with Crippen molar-refractivity contribution in [2.75, 3.05) is 25.1 Å². The van der Waals surface area contributed by atoms with Gasteiger partial charge in [0.25, 0.3) is 0 Å². The number of hydrogen-bond acceptors (Lipinski definition) is 5. The van der Waals surface area contributed by atoms with E-state index in [4.69, 9.17) is 4.42 Å². The minimum absolute atomic E-state index is 0.0422. The maximum Gasteiger partial charge on any atom is 0.221 e. The zero-order valence-electron chi connectivity index (χ0n) is 13.9. The number of fused-ring (bicyclic) bond motifs is 1. The predicted molar refractivity (Wildman–Crippen MR) is 92.5 cm³/mol. The second kappa shape index (κ2) is 6.57. The quantitative estimate of drug-likeness (QED) is 0.903. The first-order valence-electron chi connectivity index (χ1n) is 8.00. The number of nitrogens with zero attached hydrogens (tertiary/aromatic N) is 1. The Balaban J connectivity index is 1.61. The van der Waals surface area contributed by atoms with Crippen molar-refractivity contribution in [2.45, 2.75) is 25.9 Å². The zero-order chi connectivity index (χ0) is 17.3. The van der Waals surface area contributed by atoms with Crippen molar-refractivity contribution in [3.63, 3.8) is 0 Å². The molecule has 6 nitrogen and oxygen atoms in total. The molecule has 0 radical (unpaired) electrons. The van der Waals surface area contributed by atoms with Crippen LogP contribution in [0.5, 0.6) is 0 Å². The van der Waals surface area contributed by atoms with Crippen molar-refractivity contribution in [2.24, 2.45) is 0 Å². The molecule has 130 valence electrons. The van der Waals surface area contributed by atoms with Crippen LogP contribution >= 0.6 is 0 Å². The maximum atomic E-state index is 12.2. The fraction of sp³-hybridized carbons (Fsp3) is 0.471. The van der Waals surface area contributed by atoms with Gasteiger partial charge in [-0.3, -0.25) is 4.79 Å². The van der Waals surface area contributed by atoms with Crippen LogP contribution in [0.25, 0.3) is 11.0 Å². The number of amides is 1. The second-order valence-corrected chi connectivity index (χ2v) is 8.60. The summed E-state index contributed by atoms with van der Waals surface area (Å²) in [5, 5.41) is 3.88. The summed E-state index contributed by atoms with van der Waals surface area (Å²) in [6.45, 7) is 2.75. The molecule has 0 bridgehead atoms. The van der Waals surface area contributed by atoms with Gasteiger partial charge in [0.15, 0.2) is 9.84 Å². The Bertz CT molecular complexity index is 857. The van der Waals surface area contributed by atoms with Crippen LogP contribution in [0.1, 0.15) is 17.7 Å². The molecule has 1 aromatic carbocycles. The van der Waals surface area contributed by atoms with Crippen LogP contribution in [-0.2, 0) is 21.2 Å². The van der Waals surface area contributed by atoms with Crippen molar-refractivity contribution >= 4 is 26.7 Å². The van der Waals surface area contributed by atoms with Crippen molar-refractivity contribution in [1.29, 1.82) is 0 Å². The van der Waals surface area contributed by atoms with Crippen molar-refractivity contribution in [3.05, 3.63) is 35.6 Å². The highest BCUT2D eigenvalue weighted by atomic mass is 32.2. The van der Waals surface area contributed by atoms with E-state index in [0.717, 1.165) is 22.3 Å². The smallest absolute Gasteiger partial charge is 0.221 e. The van der Waals surface area contributed by atoms with E-state index in [2.05, 4.69) is 5.32 Å². The average Bonchev–Trinajstić information content (AvgIpc) is 2.86. The molecule has 1 fully saturated rings. The summed E-state index contributed by atoms with van der Waals surface area (Å²) in [7, 11) is -1.18. The Morgan fingerprint density at radius 2 is 2.12 bits per heavy atom. The first-order valence-corrected chi connectivity index (χ1v) is 9.82. The lowest BCUT2D eigenvalue weighted by Crippen LogP contribution is -2.48. The highest BCUT2D eigenvalue weighted by Gasteiger charge is 2.30. The summed E-state index contributed by atoms with van der Waals surface area (Å²) in [5.41, 5.74) is 1.82. The van der Waals surface area contributed by atoms with E-state index in [0.29, 0.717) is 13.1 Å². The van der Waals surface area contributed by atoms with Crippen LogP contribution in [0.2, 0.25) is 0 Å². The topological polar surface area (TPSA) is 79.6 Å². The molecule has 0 saturated carbocycles. The number of hydrogen-bond donors (Lipinski definition) is 1. The van der Waals surface area contributed by atoms with E-state index in [1.54, 1.807) is 0 Å². The highest BCUT2D eigenvalue weighted by Crippen LogP contribution is 2.24. The second-order valence-electron chi connectivity index (χ2n) is 6.38. The van der Waals surface area contributed by atoms with Crippen LogP contribution in [-0.4, -0.2) is 50.4 Å². The van der Waals surface area contributed by atoms with Crippen molar-refractivity contribution < 1.29 is 17.6 Å². The average molecular weight is 350 g/mol. The molecular weight excluding hydrogens is 328 g/mol. The predicted octanol–water partition coefficient (Wildman–Crippen LogP) is 1.48. The van der Waals surface area contributed by atoms with E-state index in [1.165, 1.54) is 0 Å². The van der Waals surface area contributed by atoms with E-state index in [1.807, 2.05) is 43.1 Å². The molecular formula is C17H22N2O4S. The Labute approximate surface area is 141 Å². The lowest BCUT2D eigenvalue weighted by molar-refractivity contribution is -0.122. The first kappa shape index (κ1) is 17.0. The van der Waals surface area contributed by atoms with Crippen LogP contribution in [0.15, 0.2) is 28.7 Å². The van der Waals surface area contributed by atoms with E-state index in [9.17, 15) is 13.2 Å². The van der Waals surface area contributed by atoms with E-state index >= 15 is 0 Å². The van der Waals surface area contributed by atoms with Gasteiger partial charge in [0.05, 0.1) is 18.1 Å². The van der Waals surface area contributed by atoms with Gasteiger partial charge >= 0.3 is 0 Å². The number of furan rings is 1. The first-order chi connectivity index (χ1) is 11.4. The molecule has 1 unspecified atom stereocenters. The number of benzene rings is 1. The van der Waals surface area contributed by atoms with Gasteiger partial charge in [-0.25, -0.2) is 8.42 Å². The molecule has 1 amide bonds. The maximum absolute atomic E-state index is 12.2. The van der Waals surface area contributed by atoms with Crippen molar-refractivity contribution in [3.8, 4) is 0 Å². The van der Waals surface area contributed by atoms with Gasteiger partial charge < -0.3 is 14.6 Å². The Morgan fingerprint density at radius 1 is 1.38 bits per heavy atom. The Kier molecular flexibility index (Phi) is 4.64. The summed E-state index contributed by atoms with van der Waals surface area (Å²) in [5.74, 6) is 0.776. The zero-order valence-corrected chi connectivity index (χ0v) is 14.7. The molecule has 1 aromatic heterocycles. The van der Waals surface area contributed by atoms with Gasteiger partial charge in [-0.05, 0) is 20.0 Å². The molecule has 1 aliphatic heterocycles. The van der Waals surface area contributed by atoms with Crippen molar-refractivity contribution in [1.82, 2.24) is 10.2 Å². The lowest BCUT2D eigenvalue weighted by atomic mass is 10.1. The molecule has 0 aliphatic carbocycles. The number of carbonyl (C=O) groups excluding carboxylic acids is 1. The van der Waals surface area contributed by atoms with Gasteiger partial charge in [0, 0.05) is 30.0 Å². The summed E-state index contributed by atoms with van der Waals surface area (Å²) in [4.78, 5) is 14.1. The minimum Gasteiger partial charge on any atom is -0.459 e. The fourth-order valence-corrected chi connectivity index (χ4v) is 4.73. The molecule has 1 saturated heterocycles. The molecule has 7 heteroatoms. The van der Waals surface area contributed by atoms with Gasteiger partial charge in [-0.2, -0.15) is 0 Å². The van der Waals surface area contributed by atoms with Gasteiger partial charge in [-0.15, -0.1) is 0 Å². The summed E-state index contributed by atoms with van der Waals surface area (Å²) in [6, 6.07) is 7.48. The third kappa shape index (κ3) is 3.62. The Hall–Kier alpha value is -1.86. The molecule has 2 heterocycles. The van der Waals surface area contributed by atoms with Gasteiger partial charge in [0.1, 0.15) is 11.3 Å². The van der Waals surface area contributed by atoms with E-state index in [-0.39, 0.29) is 29.9 Å². The normalized spacial score (nSPS) is 21.0. The SMILES string of the molecule is Cc1c(CNC(=O)CC2CS(=O)(=O)CCN2C)oc2ccccc12. The number of sulfone groups is 1. The number of carbonyl (C=O) groups is 1. The number of para-hydroxylation sites is 1. The van der Waals surface area contributed by atoms with Crippen LogP contribution < -0.4 is 5.32 Å². The van der Waals surface area contributed by atoms with Crippen LogP contribution in [0, 0.1) is 6.92 Å². The van der Waals surface area contributed by atoms with E-state index < -0.39 is 9.84 Å². The standard InChI is InChI=1S/C17H22N2O4S/c1-12-14-5-3-4-6-15(14)23-16(12)10-18-17(20)9-13-11-24(21,22)8-7-19(13)2/h3-6,13H,7-11H2,1-2H3,(H,18,20). The lowest BCUT2D eigenvalue weighted by Gasteiger charge is -2.31. The Morgan fingerprint density at radius 3 is 2.88 bits per heavy atom. The molecule has 1 N–H and O–H groups in total. The van der Waals surface area contributed by atoms with Gasteiger partial charge in [0.2, 0.25) is 5.91 Å². The molecule has 3 rings (SSSR count). The minimum atomic E-state index is -3.04. The third-order valence-electron chi connectivity index (χ3n) is 4.63. The number of aryl methyl sites for hydroxylation is 1. The van der Waals surface area contributed by atoms with Gasteiger partial charge in [-0.1, -0.05) is 18.2 Å². The summed E-state index contributed by atoms with van der Waals surface area (Å²) in [6.07, 6.45) is 0.176. The van der Waals surface area contributed by atoms with Crippen LogP contribution in [0.3, 0.4) is 0 Å². The molecule has 24 heavy (non-hydrogen) atoms. The highest BCUT2D eigenvalue weighted by molar-refractivity contribution is 7.91. The summed E-state index contributed by atoms with van der Waals surface area (Å²) >= 11 is 0. The monoisotopic (exact) mass is 350 g/mol. The molecule has 0 spiro atoms. The fourth-order valence-electron chi connectivity index (χ4n) is 3.04. The molecule has 1 atom stereocenters. The largest absolute Gasteiger partial charge is 0.459 e. The number of rotatable bonds is 4. The molecule has 1 aliphatic rings. The summed E-state index contributed by atoms with van der Waals surface area (Å²) < 4.78 is 29.2. The van der Waals surface area contributed by atoms with Crippen LogP contribution in [0.4, 0.5) is 0 Å². The third-order valence-corrected chi connectivity index (χ3v) is 6.33.